The van der Waals surface area contributed by atoms with Crippen LogP contribution in [0.3, 0.4) is 0 Å². The number of aliphatic hydroxyl groups excluding tert-OH is 1. The van der Waals surface area contributed by atoms with Gasteiger partial charge in [-0.1, -0.05) is 0 Å². The van der Waals surface area contributed by atoms with E-state index < -0.39 is 209 Å². The highest BCUT2D eigenvalue weighted by Gasteiger charge is 2.54. The molecule has 0 bridgehead atoms. The van der Waals surface area contributed by atoms with Gasteiger partial charge in [0.25, 0.3) is 0 Å². The summed E-state index contributed by atoms with van der Waals surface area (Å²) in [4.78, 5) is 68.6. The number of carboxylic acid groups (broad SMARTS) is 1. The average Bonchev–Trinajstić information content (AvgIpc) is 3.30. The van der Waals surface area contributed by atoms with Crippen LogP contribution in [0.2, 0.25) is 0 Å². The van der Waals surface area contributed by atoms with Crippen LogP contribution in [0.1, 0.15) is 51.8 Å². The van der Waals surface area contributed by atoms with Gasteiger partial charge in [-0.25, -0.2) is 24.0 Å². The van der Waals surface area contributed by atoms with Crippen molar-refractivity contribution in [3.05, 3.63) is 58.1 Å². The van der Waals surface area contributed by atoms with E-state index in [1.807, 2.05) is 0 Å². The second kappa shape index (κ2) is 15.8. The summed E-state index contributed by atoms with van der Waals surface area (Å²) in [6, 6.07) is 2.09. The van der Waals surface area contributed by atoms with Crippen molar-refractivity contribution in [3.63, 3.8) is 0 Å². The van der Waals surface area contributed by atoms with E-state index in [9.17, 15) is 106 Å². The number of fused-ring (bicyclic) bond motifs is 9. The SMILES string of the molecule is O=C(O)c1cc(O)c(O)c(O)c1Oc1cc2c(c(O)c1O)-c1c(cc(O)c(O)c1O)C(=O)O[C@H]1[C@H]3OC(=O)c4cc(O)c(O)c(O)c4-c4c(cc(O)c(O)c4O)C(=O)O[C@H]3[C@@H](O)O[C@@H]1COC2=O. The third-order valence-corrected chi connectivity index (χ3v) is 10.7. The fraction of sp³-hybridized carbons (Fsp3) is 0.146. The second-order valence-electron chi connectivity index (χ2n) is 14.7. The summed E-state index contributed by atoms with van der Waals surface area (Å²) < 4.78 is 32.7. The molecule has 0 radical (unpaired) electrons. The zero-order valence-electron chi connectivity index (χ0n) is 33.1. The summed E-state index contributed by atoms with van der Waals surface area (Å²) in [5.41, 5.74) is -9.78. The van der Waals surface area contributed by atoms with Gasteiger partial charge >= 0.3 is 29.8 Å². The summed E-state index contributed by atoms with van der Waals surface area (Å²) in [5.74, 6) is -30.6. The number of cyclic esters (lactones) is 1. The Kier molecular flexibility index (Phi) is 10.5. The van der Waals surface area contributed by atoms with Crippen molar-refractivity contribution >= 4 is 29.8 Å². The molecule has 1 saturated heterocycles. The number of aromatic carboxylic acids is 1. The standard InChI is InChI=1S/C41H28O27/c42-12-1-7-20(29(53)24(12)48)21-10(5-16(26(50)30(21)54)64-32-11(36(56)57)4-15(45)25(49)31(32)55)37(58)63-6-17-33(66-38(7)59)34-35(41(62)65-17)68-40(61)9-3-14(44)23(47)28(52)19(9)18-8(39(60)67-34)2-13(43)22(46)27(18)51/h1-5,17,33-35,41-55,62H,6H2,(H,56,57)/t17-,33-,34-,35-,41+/m1/s1. The minimum atomic E-state index is -2.52. The van der Waals surface area contributed by atoms with Crippen LogP contribution in [0.25, 0.3) is 22.3 Å². The van der Waals surface area contributed by atoms with E-state index in [0.717, 1.165) is 0 Å². The molecule has 0 aromatic heterocycles. The molecule has 0 unspecified atom stereocenters. The molecule has 3 aliphatic heterocycles. The lowest BCUT2D eigenvalue weighted by Gasteiger charge is -2.43. The Morgan fingerprint density at radius 2 is 0.853 bits per heavy atom. The molecule has 0 spiro atoms. The molecule has 0 saturated carbocycles. The number of aliphatic hydroxyl groups is 1. The lowest BCUT2D eigenvalue weighted by atomic mass is 9.91. The highest BCUT2D eigenvalue weighted by Crippen LogP contribution is 2.56. The van der Waals surface area contributed by atoms with Crippen molar-refractivity contribution in [2.24, 2.45) is 0 Å². The molecule has 3 aliphatic rings. The van der Waals surface area contributed by atoms with E-state index in [0.29, 0.717) is 30.3 Å². The van der Waals surface area contributed by atoms with Crippen molar-refractivity contribution in [2.45, 2.75) is 30.7 Å². The Morgan fingerprint density at radius 3 is 1.31 bits per heavy atom. The monoisotopic (exact) mass is 952 g/mol. The molecule has 8 rings (SSSR count). The van der Waals surface area contributed by atoms with Crippen LogP contribution in [-0.2, 0) is 23.7 Å². The second-order valence-corrected chi connectivity index (χ2v) is 14.7. The molecule has 0 amide bonds. The number of aromatic hydroxyl groups is 14. The largest absolute Gasteiger partial charge is 0.504 e. The molecule has 1 fully saturated rings. The molecule has 27 nitrogen and oxygen atoms in total. The summed E-state index contributed by atoms with van der Waals surface area (Å²) in [6.07, 6.45) is -11.7. The van der Waals surface area contributed by atoms with Crippen LogP contribution in [0.4, 0.5) is 0 Å². The highest BCUT2D eigenvalue weighted by molar-refractivity contribution is 6.10. The Morgan fingerprint density at radius 1 is 0.471 bits per heavy atom. The van der Waals surface area contributed by atoms with Crippen molar-refractivity contribution in [2.75, 3.05) is 6.61 Å². The molecule has 0 aliphatic carbocycles. The van der Waals surface area contributed by atoms with Gasteiger partial charge in [0.15, 0.2) is 82.1 Å². The van der Waals surface area contributed by atoms with Crippen LogP contribution in [0.15, 0.2) is 30.3 Å². The van der Waals surface area contributed by atoms with Gasteiger partial charge in [0.05, 0.1) is 22.3 Å². The first-order valence-electron chi connectivity index (χ1n) is 18.7. The van der Waals surface area contributed by atoms with Crippen LogP contribution in [0, 0.1) is 0 Å². The summed E-state index contributed by atoms with van der Waals surface area (Å²) >= 11 is 0. The van der Waals surface area contributed by atoms with Gasteiger partial charge < -0.3 is 110 Å². The van der Waals surface area contributed by atoms with Gasteiger partial charge in [0.2, 0.25) is 34.5 Å². The third-order valence-electron chi connectivity index (χ3n) is 10.7. The Balaban J connectivity index is 1.30. The van der Waals surface area contributed by atoms with Crippen LogP contribution >= 0.6 is 0 Å². The van der Waals surface area contributed by atoms with Crippen molar-refractivity contribution in [1.29, 1.82) is 0 Å². The maximum absolute atomic E-state index is 14.4. The molecule has 5 atom stereocenters. The first-order chi connectivity index (χ1) is 31.9. The molecule has 68 heavy (non-hydrogen) atoms. The van der Waals surface area contributed by atoms with E-state index in [1.165, 1.54) is 0 Å². The maximum atomic E-state index is 14.4. The van der Waals surface area contributed by atoms with E-state index in [2.05, 4.69) is 0 Å². The molecule has 3 heterocycles. The molecule has 16 N–H and O–H groups in total. The maximum Gasteiger partial charge on any atom is 0.339 e. The quantitative estimate of drug-likeness (QED) is 0.0693. The van der Waals surface area contributed by atoms with Gasteiger partial charge in [0.1, 0.15) is 18.3 Å². The number of carbonyl (C=O) groups excluding carboxylic acids is 4. The Labute approximate surface area is 373 Å². The van der Waals surface area contributed by atoms with Crippen LogP contribution in [0.5, 0.6) is 92.0 Å². The lowest BCUT2D eigenvalue weighted by molar-refractivity contribution is -0.284. The number of hydrogen-bond acceptors (Lipinski definition) is 26. The molecule has 5 aromatic carbocycles. The lowest BCUT2D eigenvalue weighted by Crippen LogP contribution is -2.62. The normalized spacial score (nSPS) is 19.9. The first kappa shape index (κ1) is 45.0. The minimum Gasteiger partial charge on any atom is -0.504 e. The van der Waals surface area contributed by atoms with Gasteiger partial charge in [-0.3, -0.25) is 0 Å². The first-order valence-corrected chi connectivity index (χ1v) is 18.7. The fourth-order valence-corrected chi connectivity index (χ4v) is 7.53. The Hall–Kier alpha value is -9.63. The number of hydrogen-bond donors (Lipinski definition) is 16. The van der Waals surface area contributed by atoms with Gasteiger partial charge in [0, 0.05) is 34.4 Å². The van der Waals surface area contributed by atoms with Crippen molar-refractivity contribution < 1.29 is 134 Å². The van der Waals surface area contributed by atoms with Gasteiger partial charge in [-0.15, -0.1) is 0 Å². The predicted octanol–water partition coefficient (Wildman–Crippen LogP) is 1.57. The number of esters is 4. The van der Waals surface area contributed by atoms with Crippen molar-refractivity contribution in [3.8, 4) is 114 Å². The highest BCUT2D eigenvalue weighted by atomic mass is 16.7. The number of phenolic OH excluding ortho intramolecular Hbond substituents is 14. The average molecular weight is 953 g/mol. The number of carboxylic acids is 1. The Bertz CT molecular complexity index is 3100. The van der Waals surface area contributed by atoms with Crippen LogP contribution < -0.4 is 4.74 Å². The fourth-order valence-electron chi connectivity index (χ4n) is 7.53. The molecule has 5 aromatic rings. The molecular weight excluding hydrogens is 924 g/mol. The smallest absolute Gasteiger partial charge is 0.339 e. The third kappa shape index (κ3) is 6.80. The number of rotatable bonds is 3. The zero-order valence-corrected chi connectivity index (χ0v) is 33.1. The topological polar surface area (TPSA) is 464 Å². The van der Waals surface area contributed by atoms with E-state index >= 15 is 0 Å². The molecule has 354 valence electrons. The van der Waals surface area contributed by atoms with Gasteiger partial charge in [-0.05, 0) is 18.2 Å². The summed E-state index contributed by atoms with van der Waals surface area (Å²) in [5, 5.41) is 170. The molecule has 27 heteroatoms. The van der Waals surface area contributed by atoms with Gasteiger partial charge in [-0.2, -0.15) is 0 Å². The predicted molar refractivity (Wildman–Crippen MR) is 209 cm³/mol. The summed E-state index contributed by atoms with van der Waals surface area (Å²) in [7, 11) is 0. The minimum absolute atomic E-state index is 0.376. The molecular formula is C41H28O27. The summed E-state index contributed by atoms with van der Waals surface area (Å²) in [6.45, 7) is -1.25. The number of ether oxygens (including phenoxy) is 6. The van der Waals surface area contributed by atoms with Crippen LogP contribution in [-0.4, -0.2) is 149 Å². The zero-order chi connectivity index (χ0) is 49.7. The van der Waals surface area contributed by atoms with E-state index in [4.69, 9.17) is 28.4 Å². The van der Waals surface area contributed by atoms with E-state index in [-0.39, 0.29) is 0 Å². The number of carbonyl (C=O) groups is 5. The van der Waals surface area contributed by atoms with E-state index in [1.54, 1.807) is 0 Å². The number of phenols is 14. The van der Waals surface area contributed by atoms with Crippen molar-refractivity contribution in [1.82, 2.24) is 0 Å². The number of benzene rings is 5.